The number of carbonyl (C=O) groups excluding carboxylic acids is 2. The summed E-state index contributed by atoms with van der Waals surface area (Å²) in [6.45, 7) is 5.94. The lowest BCUT2D eigenvalue weighted by molar-refractivity contribution is -0.134. The van der Waals surface area contributed by atoms with Gasteiger partial charge >= 0.3 is 0 Å². The minimum Gasteiger partial charge on any atom is -0.497 e. The quantitative estimate of drug-likeness (QED) is 0.355. The molecule has 1 unspecified atom stereocenters. The van der Waals surface area contributed by atoms with Crippen LogP contribution in [0.3, 0.4) is 0 Å². The van der Waals surface area contributed by atoms with Gasteiger partial charge in [0, 0.05) is 16.3 Å². The van der Waals surface area contributed by atoms with E-state index in [2.05, 4.69) is 15.8 Å². The SMILES string of the molecule is CCOc1ccc(Cl)cc1C=NNC(=O)C(C(=O)Nc1ccc(OC)cc1)C(C)C. The van der Waals surface area contributed by atoms with Crippen LogP contribution >= 0.6 is 11.6 Å². The second kappa shape index (κ2) is 11.2. The van der Waals surface area contributed by atoms with Gasteiger partial charge in [-0.2, -0.15) is 5.10 Å². The Balaban J connectivity index is 2.07. The first kappa shape index (κ1) is 23.2. The van der Waals surface area contributed by atoms with E-state index in [1.54, 1.807) is 63.4 Å². The summed E-state index contributed by atoms with van der Waals surface area (Å²) < 4.78 is 10.6. The third kappa shape index (κ3) is 6.49. The van der Waals surface area contributed by atoms with Gasteiger partial charge in [-0.15, -0.1) is 0 Å². The van der Waals surface area contributed by atoms with Crippen molar-refractivity contribution in [3.05, 3.63) is 53.1 Å². The first-order chi connectivity index (χ1) is 14.3. The molecular weight excluding hydrogens is 406 g/mol. The summed E-state index contributed by atoms with van der Waals surface area (Å²) in [7, 11) is 1.56. The molecule has 2 amide bonds. The predicted molar refractivity (Wildman–Crippen MR) is 118 cm³/mol. The van der Waals surface area contributed by atoms with Gasteiger partial charge < -0.3 is 14.8 Å². The Morgan fingerprint density at radius 2 is 1.83 bits per heavy atom. The number of anilines is 1. The average molecular weight is 432 g/mol. The minimum atomic E-state index is -0.921. The number of hydrogen-bond donors (Lipinski definition) is 2. The standard InChI is InChI=1S/C22H26ClN3O4/c1-5-30-19-11-6-16(23)12-15(19)13-24-26-22(28)20(14(2)3)21(27)25-17-7-9-18(29-4)10-8-17/h6-14,20H,5H2,1-4H3,(H,25,27)(H,26,28). The van der Waals surface area contributed by atoms with E-state index in [4.69, 9.17) is 21.1 Å². The van der Waals surface area contributed by atoms with Gasteiger partial charge in [-0.1, -0.05) is 25.4 Å². The number of benzene rings is 2. The van der Waals surface area contributed by atoms with Gasteiger partial charge in [0.05, 0.1) is 19.9 Å². The van der Waals surface area contributed by atoms with Crippen LogP contribution in [-0.4, -0.2) is 31.7 Å². The fraction of sp³-hybridized carbons (Fsp3) is 0.318. The molecule has 0 fully saturated rings. The highest BCUT2D eigenvalue weighted by molar-refractivity contribution is 6.30. The summed E-state index contributed by atoms with van der Waals surface area (Å²) in [5, 5.41) is 7.25. The van der Waals surface area contributed by atoms with Crippen LogP contribution in [-0.2, 0) is 9.59 Å². The average Bonchev–Trinajstić information content (AvgIpc) is 2.70. The number of amides is 2. The molecule has 2 aromatic rings. The molecule has 0 saturated heterocycles. The summed E-state index contributed by atoms with van der Waals surface area (Å²) >= 11 is 6.02. The van der Waals surface area contributed by atoms with E-state index in [1.165, 1.54) is 6.21 Å². The maximum Gasteiger partial charge on any atom is 0.252 e. The molecule has 0 spiro atoms. The number of rotatable bonds is 9. The van der Waals surface area contributed by atoms with Crippen molar-refractivity contribution >= 4 is 35.3 Å². The van der Waals surface area contributed by atoms with Crippen LogP contribution in [0.2, 0.25) is 5.02 Å². The van der Waals surface area contributed by atoms with Gasteiger partial charge in [0.2, 0.25) is 5.91 Å². The van der Waals surface area contributed by atoms with Crippen molar-refractivity contribution in [2.45, 2.75) is 20.8 Å². The van der Waals surface area contributed by atoms with Crippen LogP contribution in [0.25, 0.3) is 0 Å². The first-order valence-corrected chi connectivity index (χ1v) is 9.93. The molecule has 1 atom stereocenters. The summed E-state index contributed by atoms with van der Waals surface area (Å²) in [5.74, 6) is -0.808. The van der Waals surface area contributed by atoms with Gasteiger partial charge in [0.25, 0.3) is 5.91 Å². The van der Waals surface area contributed by atoms with Crippen molar-refractivity contribution in [2.75, 3.05) is 19.0 Å². The zero-order valence-corrected chi connectivity index (χ0v) is 18.2. The van der Waals surface area contributed by atoms with E-state index >= 15 is 0 Å². The van der Waals surface area contributed by atoms with Crippen molar-refractivity contribution in [1.29, 1.82) is 0 Å². The molecule has 160 valence electrons. The zero-order chi connectivity index (χ0) is 22.1. The fourth-order valence-electron chi connectivity index (χ4n) is 2.76. The molecule has 0 bridgehead atoms. The van der Waals surface area contributed by atoms with Crippen molar-refractivity contribution in [3.63, 3.8) is 0 Å². The van der Waals surface area contributed by atoms with Crippen molar-refractivity contribution in [1.82, 2.24) is 5.43 Å². The second-order valence-electron chi connectivity index (χ2n) is 6.79. The van der Waals surface area contributed by atoms with Crippen LogP contribution in [0.1, 0.15) is 26.3 Å². The number of hydrogen-bond acceptors (Lipinski definition) is 5. The molecule has 0 aromatic heterocycles. The van der Waals surface area contributed by atoms with Gasteiger partial charge in [0.15, 0.2) is 0 Å². The maximum absolute atomic E-state index is 12.7. The lowest BCUT2D eigenvalue weighted by Gasteiger charge is -2.18. The lowest BCUT2D eigenvalue weighted by atomic mass is 9.94. The third-order valence-corrected chi connectivity index (χ3v) is 4.47. The van der Waals surface area contributed by atoms with E-state index in [-0.39, 0.29) is 5.92 Å². The Morgan fingerprint density at radius 3 is 2.43 bits per heavy atom. The summed E-state index contributed by atoms with van der Waals surface area (Å²) in [5.41, 5.74) is 3.63. The number of halogens is 1. The molecule has 2 N–H and O–H groups in total. The highest BCUT2D eigenvalue weighted by Crippen LogP contribution is 2.22. The number of carbonyl (C=O) groups is 2. The summed E-state index contributed by atoms with van der Waals surface area (Å²) in [6, 6.07) is 12.0. The molecule has 2 rings (SSSR count). The van der Waals surface area contributed by atoms with Gasteiger partial charge in [-0.3, -0.25) is 9.59 Å². The largest absolute Gasteiger partial charge is 0.497 e. The first-order valence-electron chi connectivity index (χ1n) is 9.55. The van der Waals surface area contributed by atoms with E-state index in [0.717, 1.165) is 0 Å². The van der Waals surface area contributed by atoms with Crippen LogP contribution in [0, 0.1) is 11.8 Å². The van der Waals surface area contributed by atoms with E-state index in [1.807, 2.05) is 6.92 Å². The molecule has 2 aromatic carbocycles. The fourth-order valence-corrected chi connectivity index (χ4v) is 2.94. The molecule has 30 heavy (non-hydrogen) atoms. The van der Waals surface area contributed by atoms with Crippen LogP contribution < -0.4 is 20.2 Å². The normalized spacial score (nSPS) is 11.9. The van der Waals surface area contributed by atoms with Gasteiger partial charge in [0.1, 0.15) is 17.4 Å². The maximum atomic E-state index is 12.7. The molecule has 0 aliphatic rings. The van der Waals surface area contributed by atoms with Crippen LogP contribution in [0.4, 0.5) is 5.69 Å². The summed E-state index contributed by atoms with van der Waals surface area (Å²) in [6.07, 6.45) is 1.44. The highest BCUT2D eigenvalue weighted by Gasteiger charge is 2.30. The van der Waals surface area contributed by atoms with Crippen molar-refractivity contribution in [2.24, 2.45) is 16.9 Å². The second-order valence-corrected chi connectivity index (χ2v) is 7.23. The molecule has 0 saturated carbocycles. The molecule has 0 heterocycles. The van der Waals surface area contributed by atoms with Gasteiger partial charge in [-0.05, 0) is 55.3 Å². The molecule has 8 heteroatoms. The van der Waals surface area contributed by atoms with Crippen LogP contribution in [0.15, 0.2) is 47.6 Å². The third-order valence-electron chi connectivity index (χ3n) is 4.24. The van der Waals surface area contributed by atoms with Crippen molar-refractivity contribution in [3.8, 4) is 11.5 Å². The molecule has 0 aliphatic heterocycles. The Bertz CT molecular complexity index is 898. The van der Waals surface area contributed by atoms with Crippen molar-refractivity contribution < 1.29 is 19.1 Å². The number of hydrazone groups is 1. The molecule has 7 nitrogen and oxygen atoms in total. The Kier molecular flexibility index (Phi) is 8.68. The zero-order valence-electron chi connectivity index (χ0n) is 17.4. The van der Waals surface area contributed by atoms with Gasteiger partial charge in [-0.25, -0.2) is 5.43 Å². The molecular formula is C22H26ClN3O4. The minimum absolute atomic E-state index is 0.233. The predicted octanol–water partition coefficient (Wildman–Crippen LogP) is 4.11. The topological polar surface area (TPSA) is 89.0 Å². The van der Waals surface area contributed by atoms with E-state index in [0.29, 0.717) is 34.4 Å². The Morgan fingerprint density at radius 1 is 1.13 bits per heavy atom. The summed E-state index contributed by atoms with van der Waals surface area (Å²) in [4.78, 5) is 25.3. The number of methoxy groups -OCH3 is 1. The molecule has 0 radical (unpaired) electrons. The Hall–Kier alpha value is -3.06. The van der Waals surface area contributed by atoms with E-state index < -0.39 is 17.7 Å². The number of nitrogens with one attached hydrogen (secondary N) is 2. The van der Waals surface area contributed by atoms with Crippen LogP contribution in [0.5, 0.6) is 11.5 Å². The Labute approximate surface area is 181 Å². The number of ether oxygens (including phenoxy) is 2. The lowest BCUT2D eigenvalue weighted by Crippen LogP contribution is -2.39. The monoisotopic (exact) mass is 431 g/mol. The van der Waals surface area contributed by atoms with E-state index in [9.17, 15) is 9.59 Å². The number of nitrogens with zero attached hydrogens (tertiary/aromatic N) is 1. The smallest absolute Gasteiger partial charge is 0.252 e. The molecule has 0 aliphatic carbocycles. The highest BCUT2D eigenvalue weighted by atomic mass is 35.5.